The zero-order valence-electron chi connectivity index (χ0n) is 9.58. The summed E-state index contributed by atoms with van der Waals surface area (Å²) in [6, 6.07) is 0. The molecule has 0 aromatic carbocycles. The third-order valence-corrected chi connectivity index (χ3v) is 3.94. The van der Waals surface area contributed by atoms with Crippen molar-refractivity contribution in [1.29, 1.82) is 0 Å². The van der Waals surface area contributed by atoms with Gasteiger partial charge in [-0.25, -0.2) is 0 Å². The quantitative estimate of drug-likeness (QED) is 0.782. The highest BCUT2D eigenvalue weighted by Gasteiger charge is 2.47. The van der Waals surface area contributed by atoms with E-state index in [1.807, 2.05) is 0 Å². The van der Waals surface area contributed by atoms with E-state index in [1.54, 1.807) is 0 Å². The van der Waals surface area contributed by atoms with Gasteiger partial charge in [0.25, 0.3) is 0 Å². The van der Waals surface area contributed by atoms with Gasteiger partial charge >= 0.3 is 5.97 Å². The van der Waals surface area contributed by atoms with Crippen molar-refractivity contribution in [2.45, 2.75) is 64.1 Å². The number of ether oxygens (including phenoxy) is 1. The predicted octanol–water partition coefficient (Wildman–Crippen LogP) is 2.59. The van der Waals surface area contributed by atoms with Crippen molar-refractivity contribution < 1.29 is 14.6 Å². The number of carboxylic acids is 1. The van der Waals surface area contributed by atoms with Crippen LogP contribution in [-0.2, 0) is 9.53 Å². The molecule has 3 nitrogen and oxygen atoms in total. The van der Waals surface area contributed by atoms with E-state index in [0.29, 0.717) is 6.42 Å². The van der Waals surface area contributed by atoms with E-state index >= 15 is 0 Å². The minimum absolute atomic E-state index is 0.0475. The van der Waals surface area contributed by atoms with Gasteiger partial charge in [-0.1, -0.05) is 6.42 Å². The van der Waals surface area contributed by atoms with Crippen molar-refractivity contribution in [3.05, 3.63) is 0 Å². The summed E-state index contributed by atoms with van der Waals surface area (Å²) in [5.41, 5.74) is -0.501. The standard InChI is InChI=1S/C12H20O3/c1-11(2)7-4-9(15-11)8-12(10(13)14)5-3-6-12/h9H,3-8H2,1-2H3,(H,13,14). The van der Waals surface area contributed by atoms with E-state index in [0.717, 1.165) is 32.1 Å². The average molecular weight is 212 g/mol. The molecule has 0 radical (unpaired) electrons. The first-order valence-electron chi connectivity index (χ1n) is 5.85. The fraction of sp³-hybridized carbons (Fsp3) is 0.917. The second-order valence-electron chi connectivity index (χ2n) is 5.68. The lowest BCUT2D eigenvalue weighted by Crippen LogP contribution is -2.41. The zero-order chi connectivity index (χ0) is 11.1. The highest BCUT2D eigenvalue weighted by atomic mass is 16.5. The monoisotopic (exact) mass is 212 g/mol. The Morgan fingerprint density at radius 3 is 2.40 bits per heavy atom. The molecule has 1 N–H and O–H groups in total. The second kappa shape index (κ2) is 3.48. The summed E-state index contributed by atoms with van der Waals surface area (Å²) in [6.07, 6.45) is 5.67. The van der Waals surface area contributed by atoms with Crippen LogP contribution in [0.4, 0.5) is 0 Å². The van der Waals surface area contributed by atoms with Gasteiger partial charge < -0.3 is 9.84 Å². The Morgan fingerprint density at radius 1 is 1.40 bits per heavy atom. The van der Waals surface area contributed by atoms with E-state index in [1.165, 1.54) is 0 Å². The average Bonchev–Trinajstić information content (AvgIpc) is 2.37. The van der Waals surface area contributed by atoms with Crippen LogP contribution in [0.5, 0.6) is 0 Å². The SMILES string of the molecule is CC1(C)CCC(CC2(C(=O)O)CCC2)O1. The van der Waals surface area contributed by atoms with Crippen LogP contribution in [0.2, 0.25) is 0 Å². The van der Waals surface area contributed by atoms with Crippen LogP contribution in [-0.4, -0.2) is 22.8 Å². The van der Waals surface area contributed by atoms with E-state index in [-0.39, 0.29) is 11.7 Å². The van der Waals surface area contributed by atoms with Crippen molar-refractivity contribution in [2.24, 2.45) is 5.41 Å². The van der Waals surface area contributed by atoms with Crippen LogP contribution < -0.4 is 0 Å². The molecule has 3 heteroatoms. The van der Waals surface area contributed by atoms with Crippen molar-refractivity contribution in [1.82, 2.24) is 0 Å². The Labute approximate surface area is 90.8 Å². The number of hydrogen-bond acceptors (Lipinski definition) is 2. The van der Waals surface area contributed by atoms with Gasteiger partial charge in [0, 0.05) is 0 Å². The molecule has 0 aromatic heterocycles. The molecule has 2 fully saturated rings. The lowest BCUT2D eigenvalue weighted by molar-refractivity contribution is -0.159. The van der Waals surface area contributed by atoms with Gasteiger partial charge in [-0.3, -0.25) is 4.79 Å². The third-order valence-electron chi connectivity index (χ3n) is 3.94. The Kier molecular flexibility index (Phi) is 2.53. The highest BCUT2D eigenvalue weighted by Crippen LogP contribution is 2.47. The Bertz CT molecular complexity index is 266. The minimum Gasteiger partial charge on any atom is -0.481 e. The summed E-state index contributed by atoms with van der Waals surface area (Å²) < 4.78 is 5.87. The second-order valence-corrected chi connectivity index (χ2v) is 5.68. The molecule has 1 aliphatic heterocycles. The summed E-state index contributed by atoms with van der Waals surface area (Å²) in [4.78, 5) is 11.2. The summed E-state index contributed by atoms with van der Waals surface area (Å²) in [6.45, 7) is 4.17. The maximum atomic E-state index is 11.2. The number of rotatable bonds is 3. The summed E-state index contributed by atoms with van der Waals surface area (Å²) in [7, 11) is 0. The van der Waals surface area contributed by atoms with Crippen molar-refractivity contribution in [2.75, 3.05) is 0 Å². The van der Waals surface area contributed by atoms with Crippen LogP contribution >= 0.6 is 0 Å². The van der Waals surface area contributed by atoms with Gasteiger partial charge in [0.15, 0.2) is 0 Å². The molecule has 1 atom stereocenters. The first kappa shape index (κ1) is 10.9. The maximum absolute atomic E-state index is 11.2. The first-order chi connectivity index (χ1) is 6.94. The lowest BCUT2D eigenvalue weighted by atomic mass is 9.65. The topological polar surface area (TPSA) is 46.5 Å². The summed E-state index contributed by atoms with van der Waals surface area (Å²) in [5, 5.41) is 9.22. The predicted molar refractivity (Wildman–Crippen MR) is 56.7 cm³/mol. The van der Waals surface area contributed by atoms with E-state index in [4.69, 9.17) is 4.74 Å². The molecule has 1 saturated carbocycles. The molecule has 1 saturated heterocycles. The molecule has 2 rings (SSSR count). The molecule has 15 heavy (non-hydrogen) atoms. The molecule has 2 aliphatic rings. The first-order valence-corrected chi connectivity index (χ1v) is 5.85. The van der Waals surface area contributed by atoms with Gasteiger partial charge in [-0.05, 0) is 46.0 Å². The molecule has 0 bridgehead atoms. The van der Waals surface area contributed by atoms with E-state index < -0.39 is 11.4 Å². The van der Waals surface area contributed by atoms with Crippen molar-refractivity contribution in [3.63, 3.8) is 0 Å². The van der Waals surface area contributed by atoms with Gasteiger partial charge in [0.2, 0.25) is 0 Å². The third kappa shape index (κ3) is 2.03. The lowest BCUT2D eigenvalue weighted by Gasteiger charge is -2.39. The smallest absolute Gasteiger partial charge is 0.309 e. The highest BCUT2D eigenvalue weighted by molar-refractivity contribution is 5.75. The molecule has 0 amide bonds. The molecule has 0 aromatic rings. The van der Waals surface area contributed by atoms with Crippen molar-refractivity contribution >= 4 is 5.97 Å². The van der Waals surface area contributed by atoms with E-state index in [2.05, 4.69) is 13.8 Å². The Hall–Kier alpha value is -0.570. The Morgan fingerprint density at radius 2 is 2.07 bits per heavy atom. The largest absolute Gasteiger partial charge is 0.481 e. The van der Waals surface area contributed by atoms with Gasteiger partial charge in [-0.2, -0.15) is 0 Å². The molecule has 1 aliphatic carbocycles. The molecule has 1 unspecified atom stereocenters. The fourth-order valence-electron chi connectivity index (χ4n) is 2.77. The number of carbonyl (C=O) groups is 1. The normalized spacial score (nSPS) is 32.3. The van der Waals surface area contributed by atoms with Crippen LogP contribution in [0.1, 0.15) is 52.4 Å². The zero-order valence-corrected chi connectivity index (χ0v) is 9.58. The van der Waals surface area contributed by atoms with Crippen molar-refractivity contribution in [3.8, 4) is 0 Å². The van der Waals surface area contributed by atoms with Crippen LogP contribution in [0, 0.1) is 5.41 Å². The van der Waals surface area contributed by atoms with Gasteiger partial charge in [-0.15, -0.1) is 0 Å². The minimum atomic E-state index is -0.623. The Balaban J connectivity index is 1.94. The van der Waals surface area contributed by atoms with Crippen LogP contribution in [0.3, 0.4) is 0 Å². The number of carboxylic acid groups (broad SMARTS) is 1. The van der Waals surface area contributed by atoms with E-state index in [9.17, 15) is 9.90 Å². The number of hydrogen-bond donors (Lipinski definition) is 1. The van der Waals surface area contributed by atoms with Gasteiger partial charge in [0.1, 0.15) is 0 Å². The van der Waals surface area contributed by atoms with Crippen LogP contribution in [0.25, 0.3) is 0 Å². The molecule has 0 spiro atoms. The fourth-order valence-corrected chi connectivity index (χ4v) is 2.77. The van der Waals surface area contributed by atoms with Crippen LogP contribution in [0.15, 0.2) is 0 Å². The molecular weight excluding hydrogens is 192 g/mol. The summed E-state index contributed by atoms with van der Waals surface area (Å²) >= 11 is 0. The molecule has 86 valence electrons. The molecule has 1 heterocycles. The number of aliphatic carboxylic acids is 1. The summed E-state index contributed by atoms with van der Waals surface area (Å²) in [5.74, 6) is -0.623. The maximum Gasteiger partial charge on any atom is 0.309 e. The van der Waals surface area contributed by atoms with Gasteiger partial charge in [0.05, 0.1) is 17.1 Å². The molecular formula is C12H20O3.